The molecular weight excluding hydrogens is 356 g/mol. The zero-order valence-corrected chi connectivity index (χ0v) is 16.1. The highest BCUT2D eigenvalue weighted by Crippen LogP contribution is 2.33. The van der Waals surface area contributed by atoms with E-state index in [2.05, 4.69) is 19.2 Å². The molecule has 2 amide bonds. The highest BCUT2D eigenvalue weighted by Gasteiger charge is 2.36. The van der Waals surface area contributed by atoms with Crippen LogP contribution in [0.25, 0.3) is 0 Å². The SMILES string of the molecule is CC(C)CC(C(=O)Nc1ccc2c(c1)OCCO2)N1Cc2ccccc2C1=O. The molecule has 2 aromatic rings. The lowest BCUT2D eigenvalue weighted by atomic mass is 10.0. The highest BCUT2D eigenvalue weighted by atomic mass is 16.6. The molecule has 0 saturated carbocycles. The lowest BCUT2D eigenvalue weighted by molar-refractivity contribution is -0.121. The molecule has 0 bridgehead atoms. The Morgan fingerprint density at radius 1 is 1.11 bits per heavy atom. The van der Waals surface area contributed by atoms with Crippen LogP contribution in [0.4, 0.5) is 5.69 Å². The normalized spacial score (nSPS) is 16.1. The number of ether oxygens (including phenoxy) is 2. The Morgan fingerprint density at radius 3 is 2.61 bits per heavy atom. The number of rotatable bonds is 5. The van der Waals surface area contributed by atoms with Crippen molar-refractivity contribution < 1.29 is 19.1 Å². The molecule has 6 nitrogen and oxygen atoms in total. The summed E-state index contributed by atoms with van der Waals surface area (Å²) in [5.41, 5.74) is 2.28. The van der Waals surface area contributed by atoms with Gasteiger partial charge in [-0.2, -0.15) is 0 Å². The molecular formula is C22H24N2O4. The predicted octanol–water partition coefficient (Wildman–Crippen LogP) is 3.47. The van der Waals surface area contributed by atoms with E-state index in [0.717, 1.165) is 5.56 Å². The minimum atomic E-state index is -0.534. The summed E-state index contributed by atoms with van der Waals surface area (Å²) in [5, 5.41) is 2.95. The first-order chi connectivity index (χ1) is 13.5. The molecule has 0 fully saturated rings. The van der Waals surface area contributed by atoms with Gasteiger partial charge < -0.3 is 19.7 Å². The fraction of sp³-hybridized carbons (Fsp3) is 0.364. The number of benzene rings is 2. The molecule has 1 N–H and O–H groups in total. The van der Waals surface area contributed by atoms with Crippen molar-refractivity contribution in [3.05, 3.63) is 53.6 Å². The molecule has 1 unspecified atom stereocenters. The van der Waals surface area contributed by atoms with Gasteiger partial charge in [0.15, 0.2) is 11.5 Å². The third-order valence-electron chi connectivity index (χ3n) is 5.03. The zero-order valence-electron chi connectivity index (χ0n) is 16.1. The number of hydrogen-bond donors (Lipinski definition) is 1. The number of nitrogens with one attached hydrogen (secondary N) is 1. The van der Waals surface area contributed by atoms with E-state index >= 15 is 0 Å². The lowest BCUT2D eigenvalue weighted by Crippen LogP contribution is -2.45. The number of nitrogens with zero attached hydrogens (tertiary/aromatic N) is 1. The van der Waals surface area contributed by atoms with Crippen molar-refractivity contribution in [1.82, 2.24) is 4.90 Å². The Kier molecular flexibility index (Phi) is 4.94. The number of amides is 2. The van der Waals surface area contributed by atoms with Crippen molar-refractivity contribution in [2.45, 2.75) is 32.9 Å². The summed E-state index contributed by atoms with van der Waals surface area (Å²) in [4.78, 5) is 27.7. The molecule has 28 heavy (non-hydrogen) atoms. The second-order valence-electron chi connectivity index (χ2n) is 7.58. The molecule has 146 valence electrons. The van der Waals surface area contributed by atoms with Crippen LogP contribution in [-0.4, -0.2) is 36.0 Å². The number of anilines is 1. The van der Waals surface area contributed by atoms with Gasteiger partial charge in [0.2, 0.25) is 5.91 Å². The van der Waals surface area contributed by atoms with Crippen molar-refractivity contribution in [1.29, 1.82) is 0 Å². The first-order valence-electron chi connectivity index (χ1n) is 9.62. The van der Waals surface area contributed by atoms with Crippen molar-refractivity contribution >= 4 is 17.5 Å². The summed E-state index contributed by atoms with van der Waals surface area (Å²) in [6, 6.07) is 12.3. The predicted molar refractivity (Wildman–Crippen MR) is 106 cm³/mol. The van der Waals surface area contributed by atoms with Gasteiger partial charge in [0.1, 0.15) is 19.3 Å². The smallest absolute Gasteiger partial charge is 0.255 e. The Labute approximate surface area is 164 Å². The van der Waals surface area contributed by atoms with Crippen LogP contribution in [0.5, 0.6) is 11.5 Å². The van der Waals surface area contributed by atoms with E-state index in [1.807, 2.05) is 24.3 Å². The summed E-state index contributed by atoms with van der Waals surface area (Å²) in [6.07, 6.45) is 0.593. The third-order valence-corrected chi connectivity index (χ3v) is 5.03. The zero-order chi connectivity index (χ0) is 19.7. The second kappa shape index (κ2) is 7.54. The number of fused-ring (bicyclic) bond motifs is 2. The topological polar surface area (TPSA) is 67.9 Å². The maximum atomic E-state index is 13.1. The van der Waals surface area contributed by atoms with E-state index in [1.54, 1.807) is 23.1 Å². The van der Waals surface area contributed by atoms with Crippen LogP contribution < -0.4 is 14.8 Å². The summed E-state index contributed by atoms with van der Waals surface area (Å²) >= 11 is 0. The van der Waals surface area contributed by atoms with Crippen LogP contribution in [0.15, 0.2) is 42.5 Å². The van der Waals surface area contributed by atoms with Crippen molar-refractivity contribution in [3.8, 4) is 11.5 Å². The van der Waals surface area contributed by atoms with Gasteiger partial charge in [0.05, 0.1) is 0 Å². The van der Waals surface area contributed by atoms with Crippen molar-refractivity contribution in [2.24, 2.45) is 5.92 Å². The number of carbonyl (C=O) groups is 2. The van der Waals surface area contributed by atoms with E-state index in [9.17, 15) is 9.59 Å². The molecule has 0 spiro atoms. The van der Waals surface area contributed by atoms with Crippen LogP contribution in [0.2, 0.25) is 0 Å². The van der Waals surface area contributed by atoms with Gasteiger partial charge in [-0.1, -0.05) is 32.0 Å². The molecule has 2 aliphatic heterocycles. The summed E-state index contributed by atoms with van der Waals surface area (Å²) < 4.78 is 11.1. The summed E-state index contributed by atoms with van der Waals surface area (Å²) in [6.45, 7) is 5.57. The first kappa shape index (κ1) is 18.3. The Bertz CT molecular complexity index is 909. The van der Waals surface area contributed by atoms with Crippen LogP contribution in [0.1, 0.15) is 36.2 Å². The largest absolute Gasteiger partial charge is 0.486 e. The monoisotopic (exact) mass is 380 g/mol. The first-order valence-corrected chi connectivity index (χ1v) is 9.62. The summed E-state index contributed by atoms with van der Waals surface area (Å²) in [5.74, 6) is 1.29. The maximum Gasteiger partial charge on any atom is 0.255 e. The number of carbonyl (C=O) groups excluding carboxylic acids is 2. The lowest BCUT2D eigenvalue weighted by Gasteiger charge is -2.28. The molecule has 4 rings (SSSR count). The third kappa shape index (κ3) is 3.54. The van der Waals surface area contributed by atoms with Crippen LogP contribution in [-0.2, 0) is 11.3 Å². The molecule has 2 heterocycles. The fourth-order valence-electron chi connectivity index (χ4n) is 3.70. The summed E-state index contributed by atoms with van der Waals surface area (Å²) in [7, 11) is 0. The van der Waals surface area contributed by atoms with E-state index in [-0.39, 0.29) is 17.7 Å². The molecule has 2 aliphatic rings. The van der Waals surface area contributed by atoms with Gasteiger partial charge in [-0.05, 0) is 36.1 Å². The molecule has 0 saturated heterocycles. The minimum absolute atomic E-state index is 0.0847. The van der Waals surface area contributed by atoms with E-state index in [0.29, 0.717) is 48.9 Å². The molecule has 1 atom stereocenters. The Morgan fingerprint density at radius 2 is 1.86 bits per heavy atom. The molecule has 2 aromatic carbocycles. The van der Waals surface area contributed by atoms with Crippen LogP contribution in [0, 0.1) is 5.92 Å². The van der Waals surface area contributed by atoms with Crippen molar-refractivity contribution in [2.75, 3.05) is 18.5 Å². The van der Waals surface area contributed by atoms with Gasteiger partial charge in [0, 0.05) is 23.9 Å². The fourth-order valence-corrected chi connectivity index (χ4v) is 3.70. The molecule has 0 aliphatic carbocycles. The Balaban J connectivity index is 1.55. The van der Waals surface area contributed by atoms with E-state index in [1.165, 1.54) is 0 Å². The van der Waals surface area contributed by atoms with Crippen molar-refractivity contribution in [3.63, 3.8) is 0 Å². The average Bonchev–Trinajstić information content (AvgIpc) is 3.02. The second-order valence-corrected chi connectivity index (χ2v) is 7.58. The molecule has 6 heteroatoms. The van der Waals surface area contributed by atoms with E-state index in [4.69, 9.17) is 9.47 Å². The quantitative estimate of drug-likeness (QED) is 0.863. The average molecular weight is 380 g/mol. The maximum absolute atomic E-state index is 13.1. The van der Waals surface area contributed by atoms with Crippen LogP contribution >= 0.6 is 0 Å². The molecule has 0 aromatic heterocycles. The van der Waals surface area contributed by atoms with E-state index < -0.39 is 6.04 Å². The highest BCUT2D eigenvalue weighted by molar-refractivity contribution is 6.03. The number of hydrogen-bond acceptors (Lipinski definition) is 4. The van der Waals surface area contributed by atoms with Gasteiger partial charge in [-0.15, -0.1) is 0 Å². The van der Waals surface area contributed by atoms with Gasteiger partial charge >= 0.3 is 0 Å². The Hall–Kier alpha value is -3.02. The molecule has 0 radical (unpaired) electrons. The van der Waals surface area contributed by atoms with Gasteiger partial charge in [-0.25, -0.2) is 0 Å². The standard InChI is InChI=1S/C22H24N2O4/c1-14(2)11-18(24-13-15-5-3-4-6-17(15)22(24)26)21(25)23-16-7-8-19-20(12-16)28-10-9-27-19/h3-8,12,14,18H,9-11,13H2,1-2H3,(H,23,25). The van der Waals surface area contributed by atoms with Gasteiger partial charge in [0.25, 0.3) is 5.91 Å². The van der Waals surface area contributed by atoms with Crippen LogP contribution in [0.3, 0.4) is 0 Å². The minimum Gasteiger partial charge on any atom is -0.486 e. The van der Waals surface area contributed by atoms with Gasteiger partial charge in [-0.3, -0.25) is 9.59 Å².